The summed E-state index contributed by atoms with van der Waals surface area (Å²) in [7, 11) is 0. The molecule has 2 N–H and O–H groups in total. The maximum Gasteiger partial charge on any atom is 0.0678 e. The van der Waals surface area contributed by atoms with E-state index in [0.717, 1.165) is 13.1 Å². The highest BCUT2D eigenvalue weighted by Gasteiger charge is 2.28. The molecular formula is C17H28N2O. The molecule has 0 bridgehead atoms. The first-order valence-electron chi connectivity index (χ1n) is 7.70. The first-order valence-corrected chi connectivity index (χ1v) is 7.70. The Hall–Kier alpha value is -0.900. The van der Waals surface area contributed by atoms with Crippen LogP contribution in [-0.4, -0.2) is 36.7 Å². The van der Waals surface area contributed by atoms with E-state index in [0.29, 0.717) is 18.5 Å². The van der Waals surface area contributed by atoms with Crippen LogP contribution in [0.3, 0.4) is 0 Å². The van der Waals surface area contributed by atoms with Crippen LogP contribution in [0.25, 0.3) is 0 Å². The molecule has 0 amide bonds. The molecule has 3 unspecified atom stereocenters. The molecule has 1 aromatic rings. The third kappa shape index (κ3) is 3.60. The molecule has 1 aliphatic rings. The van der Waals surface area contributed by atoms with Crippen molar-refractivity contribution >= 4 is 0 Å². The molecule has 1 fully saturated rings. The lowest BCUT2D eigenvalue weighted by molar-refractivity contribution is -0.0799. The molecule has 3 atom stereocenters. The van der Waals surface area contributed by atoms with E-state index in [1.165, 1.54) is 11.1 Å². The maximum atomic E-state index is 6.04. The Labute approximate surface area is 123 Å². The zero-order valence-electron chi connectivity index (χ0n) is 13.2. The lowest BCUT2D eigenvalue weighted by atomic mass is 9.97. The van der Waals surface area contributed by atoms with Crippen LogP contribution >= 0.6 is 0 Å². The Morgan fingerprint density at radius 2 is 1.60 bits per heavy atom. The summed E-state index contributed by atoms with van der Waals surface area (Å²) in [5.74, 6) is 0.573. The topological polar surface area (TPSA) is 38.5 Å². The van der Waals surface area contributed by atoms with Gasteiger partial charge >= 0.3 is 0 Å². The van der Waals surface area contributed by atoms with Gasteiger partial charge in [0.25, 0.3) is 0 Å². The molecule has 3 heteroatoms. The Morgan fingerprint density at radius 3 is 2.05 bits per heavy atom. The van der Waals surface area contributed by atoms with E-state index in [4.69, 9.17) is 10.5 Å². The van der Waals surface area contributed by atoms with E-state index in [9.17, 15) is 0 Å². The normalized spacial score (nSPS) is 25.9. The summed E-state index contributed by atoms with van der Waals surface area (Å²) < 4.78 is 5.81. The van der Waals surface area contributed by atoms with E-state index in [-0.39, 0.29) is 12.2 Å². The molecule has 1 heterocycles. The monoisotopic (exact) mass is 276 g/mol. The highest BCUT2D eigenvalue weighted by molar-refractivity contribution is 5.27. The fourth-order valence-electron chi connectivity index (χ4n) is 3.07. The van der Waals surface area contributed by atoms with Crippen LogP contribution in [0.4, 0.5) is 0 Å². The summed E-state index contributed by atoms with van der Waals surface area (Å²) in [5.41, 5.74) is 8.74. The van der Waals surface area contributed by atoms with Crippen molar-refractivity contribution in [3.8, 4) is 0 Å². The zero-order chi connectivity index (χ0) is 14.7. The van der Waals surface area contributed by atoms with Crippen LogP contribution in [0, 0.1) is 0 Å². The van der Waals surface area contributed by atoms with Crippen LogP contribution in [0.1, 0.15) is 50.8 Å². The van der Waals surface area contributed by atoms with Crippen molar-refractivity contribution in [3.63, 3.8) is 0 Å². The average Bonchev–Trinajstić information content (AvgIpc) is 2.39. The van der Waals surface area contributed by atoms with Gasteiger partial charge in [-0.05, 0) is 30.9 Å². The third-order valence-electron chi connectivity index (χ3n) is 4.10. The van der Waals surface area contributed by atoms with Gasteiger partial charge in [-0.3, -0.25) is 4.90 Å². The second kappa shape index (κ2) is 6.70. The van der Waals surface area contributed by atoms with Gasteiger partial charge in [-0.1, -0.05) is 38.1 Å². The number of rotatable bonds is 4. The number of nitrogens with zero attached hydrogens (tertiary/aromatic N) is 1. The number of benzene rings is 1. The van der Waals surface area contributed by atoms with Gasteiger partial charge in [0.05, 0.1) is 12.2 Å². The predicted molar refractivity (Wildman–Crippen MR) is 83.9 cm³/mol. The Kier molecular flexibility index (Phi) is 5.19. The van der Waals surface area contributed by atoms with Crippen molar-refractivity contribution in [2.75, 3.05) is 19.6 Å². The summed E-state index contributed by atoms with van der Waals surface area (Å²) >= 11 is 0. The van der Waals surface area contributed by atoms with E-state index >= 15 is 0 Å². The minimum absolute atomic E-state index is 0.280. The molecule has 0 saturated carbocycles. The number of hydrogen-bond acceptors (Lipinski definition) is 3. The highest BCUT2D eigenvalue weighted by atomic mass is 16.5. The maximum absolute atomic E-state index is 6.04. The Bertz CT molecular complexity index is 406. The van der Waals surface area contributed by atoms with Gasteiger partial charge in [-0.15, -0.1) is 0 Å². The molecule has 20 heavy (non-hydrogen) atoms. The van der Waals surface area contributed by atoms with Gasteiger partial charge in [0.2, 0.25) is 0 Å². The van der Waals surface area contributed by atoms with Gasteiger partial charge in [0.1, 0.15) is 0 Å². The fourth-order valence-corrected chi connectivity index (χ4v) is 3.07. The fraction of sp³-hybridized carbons (Fsp3) is 0.647. The summed E-state index contributed by atoms with van der Waals surface area (Å²) in [5, 5.41) is 0. The van der Waals surface area contributed by atoms with Crippen LogP contribution in [0.15, 0.2) is 24.3 Å². The summed E-state index contributed by atoms with van der Waals surface area (Å²) in [6.07, 6.45) is 0.561. The van der Waals surface area contributed by atoms with Crippen LogP contribution in [0.5, 0.6) is 0 Å². The zero-order valence-corrected chi connectivity index (χ0v) is 13.2. The molecule has 1 saturated heterocycles. The highest BCUT2D eigenvalue weighted by Crippen LogP contribution is 2.25. The summed E-state index contributed by atoms with van der Waals surface area (Å²) in [6.45, 7) is 11.3. The van der Waals surface area contributed by atoms with Gasteiger partial charge < -0.3 is 10.5 Å². The van der Waals surface area contributed by atoms with Crippen molar-refractivity contribution in [3.05, 3.63) is 35.4 Å². The van der Waals surface area contributed by atoms with Crippen molar-refractivity contribution in [1.29, 1.82) is 0 Å². The molecule has 112 valence electrons. The second-order valence-corrected chi connectivity index (χ2v) is 6.28. The Morgan fingerprint density at radius 1 is 1.10 bits per heavy atom. The van der Waals surface area contributed by atoms with Gasteiger partial charge in [-0.25, -0.2) is 0 Å². The van der Waals surface area contributed by atoms with Crippen LogP contribution in [-0.2, 0) is 4.74 Å². The van der Waals surface area contributed by atoms with Crippen molar-refractivity contribution < 1.29 is 4.74 Å². The smallest absolute Gasteiger partial charge is 0.0678 e. The van der Waals surface area contributed by atoms with Crippen LogP contribution in [0.2, 0.25) is 0 Å². The first-order chi connectivity index (χ1) is 9.51. The second-order valence-electron chi connectivity index (χ2n) is 6.28. The molecule has 2 rings (SSSR count). The summed E-state index contributed by atoms with van der Waals surface area (Å²) in [6, 6.07) is 9.23. The van der Waals surface area contributed by atoms with Crippen molar-refractivity contribution in [2.45, 2.75) is 51.9 Å². The number of hydrogen-bond donors (Lipinski definition) is 1. The SMILES string of the molecule is CC1CN(C(CN)c2ccc(C(C)C)cc2)CC(C)O1. The number of nitrogens with two attached hydrogens (primary N) is 1. The molecule has 1 aliphatic heterocycles. The lowest BCUT2D eigenvalue weighted by Crippen LogP contribution is -2.48. The number of ether oxygens (including phenoxy) is 1. The summed E-state index contributed by atoms with van der Waals surface area (Å²) in [4.78, 5) is 2.46. The van der Waals surface area contributed by atoms with Gasteiger partial charge in [0.15, 0.2) is 0 Å². The average molecular weight is 276 g/mol. The van der Waals surface area contributed by atoms with Crippen molar-refractivity contribution in [1.82, 2.24) is 4.90 Å². The van der Waals surface area contributed by atoms with Gasteiger partial charge in [-0.2, -0.15) is 0 Å². The van der Waals surface area contributed by atoms with E-state index < -0.39 is 0 Å². The van der Waals surface area contributed by atoms with E-state index in [1.807, 2.05) is 0 Å². The molecule has 0 aliphatic carbocycles. The quantitative estimate of drug-likeness (QED) is 0.919. The lowest BCUT2D eigenvalue weighted by Gasteiger charge is -2.40. The molecule has 0 spiro atoms. The molecule has 0 radical (unpaired) electrons. The molecule has 0 aromatic heterocycles. The van der Waals surface area contributed by atoms with Crippen molar-refractivity contribution in [2.24, 2.45) is 5.73 Å². The molecule has 1 aromatic carbocycles. The Balaban J connectivity index is 2.14. The van der Waals surface area contributed by atoms with E-state index in [2.05, 4.69) is 56.9 Å². The third-order valence-corrected chi connectivity index (χ3v) is 4.10. The largest absolute Gasteiger partial charge is 0.373 e. The minimum atomic E-state index is 0.280. The minimum Gasteiger partial charge on any atom is -0.373 e. The van der Waals surface area contributed by atoms with Gasteiger partial charge in [0, 0.05) is 25.7 Å². The van der Waals surface area contributed by atoms with Crippen LogP contribution < -0.4 is 5.73 Å². The standard InChI is InChI=1S/C17H28N2O/c1-12(2)15-5-7-16(8-6-15)17(9-18)19-10-13(3)20-14(4)11-19/h5-8,12-14,17H,9-11,18H2,1-4H3. The molecular weight excluding hydrogens is 248 g/mol. The predicted octanol–water partition coefficient (Wildman–Crippen LogP) is 2.92. The number of morpholine rings is 1. The first kappa shape index (κ1) is 15.5. The van der Waals surface area contributed by atoms with E-state index in [1.54, 1.807) is 0 Å². The molecule has 3 nitrogen and oxygen atoms in total.